The Hall–Kier alpha value is -1.61. The molecule has 19 heavy (non-hydrogen) atoms. The summed E-state index contributed by atoms with van der Waals surface area (Å²) in [6, 6.07) is 17.5. The van der Waals surface area contributed by atoms with Crippen molar-refractivity contribution in [3.8, 4) is 0 Å². The molecule has 0 saturated heterocycles. The van der Waals surface area contributed by atoms with Gasteiger partial charge in [-0.1, -0.05) is 76.1 Å². The van der Waals surface area contributed by atoms with Gasteiger partial charge in [-0.2, -0.15) is 0 Å². The summed E-state index contributed by atoms with van der Waals surface area (Å²) in [5, 5.41) is 0. The van der Waals surface area contributed by atoms with Crippen molar-refractivity contribution in [2.24, 2.45) is 0 Å². The summed E-state index contributed by atoms with van der Waals surface area (Å²) in [7, 11) is 0. The van der Waals surface area contributed by atoms with E-state index >= 15 is 0 Å². The molecule has 2 nitrogen and oxygen atoms in total. The number of carbonyl (C=O) groups excluding carboxylic acids is 1. The minimum atomic E-state index is -0.420. The second kappa shape index (κ2) is 6.53. The Morgan fingerprint density at radius 3 is 2.37 bits per heavy atom. The van der Waals surface area contributed by atoms with Crippen LogP contribution >= 0.6 is 15.9 Å². The third kappa shape index (κ3) is 3.93. The highest BCUT2D eigenvalue weighted by Crippen LogP contribution is 2.24. The van der Waals surface area contributed by atoms with E-state index in [1.807, 2.05) is 61.5 Å². The third-order valence-corrected chi connectivity index (χ3v) is 3.70. The van der Waals surface area contributed by atoms with Gasteiger partial charge in [0.05, 0.1) is 0 Å². The Balaban J connectivity index is 1.94. The molecule has 0 N–H and O–H groups in total. The highest BCUT2D eigenvalue weighted by atomic mass is 79.9. The van der Waals surface area contributed by atoms with Gasteiger partial charge in [-0.15, -0.1) is 0 Å². The second-order valence-corrected chi connectivity index (χ2v) is 5.28. The van der Waals surface area contributed by atoms with E-state index in [9.17, 15) is 4.79 Å². The largest absolute Gasteiger partial charge is 0.460 e. The zero-order chi connectivity index (χ0) is 13.7. The van der Waals surface area contributed by atoms with E-state index in [1.165, 1.54) is 5.56 Å². The van der Waals surface area contributed by atoms with E-state index in [4.69, 9.17) is 4.74 Å². The Morgan fingerprint density at radius 1 is 1.11 bits per heavy atom. The number of benzene rings is 2. The van der Waals surface area contributed by atoms with Gasteiger partial charge in [-0.25, -0.2) is 0 Å². The quantitative estimate of drug-likeness (QED) is 0.624. The lowest BCUT2D eigenvalue weighted by Gasteiger charge is -2.10. The third-order valence-electron chi connectivity index (χ3n) is 2.80. The zero-order valence-electron chi connectivity index (χ0n) is 10.7. The number of hydrogen-bond acceptors (Lipinski definition) is 2. The van der Waals surface area contributed by atoms with Crippen molar-refractivity contribution < 1.29 is 9.53 Å². The molecule has 0 amide bonds. The van der Waals surface area contributed by atoms with Crippen LogP contribution in [-0.4, -0.2) is 5.97 Å². The summed E-state index contributed by atoms with van der Waals surface area (Å²) >= 11 is 3.37. The van der Waals surface area contributed by atoms with Crippen LogP contribution in [-0.2, 0) is 16.1 Å². The number of aryl methyl sites for hydroxylation is 1. The monoisotopic (exact) mass is 318 g/mol. The summed E-state index contributed by atoms with van der Waals surface area (Å²) in [4.78, 5) is 11.5. The number of esters is 1. The average molecular weight is 319 g/mol. The number of rotatable bonds is 4. The topological polar surface area (TPSA) is 26.3 Å². The predicted octanol–water partition coefficient (Wildman–Crippen LogP) is 4.17. The van der Waals surface area contributed by atoms with Crippen LogP contribution in [0.15, 0.2) is 54.6 Å². The molecule has 0 radical (unpaired) electrons. The van der Waals surface area contributed by atoms with Gasteiger partial charge in [0.2, 0.25) is 0 Å². The van der Waals surface area contributed by atoms with Crippen LogP contribution in [0, 0.1) is 6.92 Å². The molecule has 2 aromatic carbocycles. The fourth-order valence-electron chi connectivity index (χ4n) is 1.67. The molecule has 0 aromatic heterocycles. The lowest BCUT2D eigenvalue weighted by molar-refractivity contribution is -0.144. The normalized spacial score (nSPS) is 11.9. The van der Waals surface area contributed by atoms with Gasteiger partial charge in [0.1, 0.15) is 11.4 Å². The Morgan fingerprint density at radius 2 is 1.74 bits per heavy atom. The van der Waals surface area contributed by atoms with E-state index in [1.54, 1.807) is 0 Å². The first kappa shape index (κ1) is 13.8. The average Bonchev–Trinajstić information content (AvgIpc) is 2.46. The maximum Gasteiger partial charge on any atom is 0.324 e. The smallest absolute Gasteiger partial charge is 0.324 e. The van der Waals surface area contributed by atoms with Crippen LogP contribution in [0.1, 0.15) is 21.5 Å². The van der Waals surface area contributed by atoms with Crippen LogP contribution in [0.25, 0.3) is 0 Å². The van der Waals surface area contributed by atoms with E-state index in [-0.39, 0.29) is 5.97 Å². The molecule has 0 spiro atoms. The summed E-state index contributed by atoms with van der Waals surface area (Å²) in [5.74, 6) is -0.271. The van der Waals surface area contributed by atoms with Gasteiger partial charge in [0, 0.05) is 0 Å². The molecule has 0 unspecified atom stereocenters. The summed E-state index contributed by atoms with van der Waals surface area (Å²) in [5.41, 5.74) is 3.06. The number of hydrogen-bond donors (Lipinski definition) is 0. The first-order chi connectivity index (χ1) is 9.16. The lowest BCUT2D eigenvalue weighted by atomic mass is 10.1. The first-order valence-electron chi connectivity index (χ1n) is 6.08. The van der Waals surface area contributed by atoms with Crippen molar-refractivity contribution in [2.45, 2.75) is 18.4 Å². The molecule has 0 aliphatic heterocycles. The van der Waals surface area contributed by atoms with Crippen LogP contribution in [0.2, 0.25) is 0 Å². The Labute approximate surface area is 121 Å². The van der Waals surface area contributed by atoms with Gasteiger partial charge in [-0.3, -0.25) is 4.79 Å². The first-order valence-corrected chi connectivity index (χ1v) is 6.99. The molecule has 98 valence electrons. The number of halogens is 1. The van der Waals surface area contributed by atoms with Gasteiger partial charge >= 0.3 is 5.97 Å². The molecule has 0 aliphatic rings. The number of alkyl halides is 1. The summed E-state index contributed by atoms with van der Waals surface area (Å²) in [6.45, 7) is 2.31. The predicted molar refractivity (Wildman–Crippen MR) is 79.1 cm³/mol. The minimum Gasteiger partial charge on any atom is -0.460 e. The van der Waals surface area contributed by atoms with E-state index in [0.717, 1.165) is 11.1 Å². The molecule has 3 heteroatoms. The van der Waals surface area contributed by atoms with Crippen LogP contribution < -0.4 is 0 Å². The molecular weight excluding hydrogens is 304 g/mol. The molecular formula is C16H15BrO2. The van der Waals surface area contributed by atoms with E-state index in [2.05, 4.69) is 15.9 Å². The fourth-order valence-corrected chi connectivity index (χ4v) is 2.11. The van der Waals surface area contributed by atoms with Crippen LogP contribution in [0.3, 0.4) is 0 Å². The molecule has 0 aliphatic carbocycles. The Kier molecular flexibility index (Phi) is 4.74. The summed E-state index contributed by atoms with van der Waals surface area (Å²) < 4.78 is 5.29. The van der Waals surface area contributed by atoms with Crippen molar-refractivity contribution in [2.75, 3.05) is 0 Å². The van der Waals surface area contributed by atoms with Gasteiger partial charge in [0.25, 0.3) is 0 Å². The van der Waals surface area contributed by atoms with Crippen molar-refractivity contribution in [3.05, 3.63) is 71.3 Å². The van der Waals surface area contributed by atoms with Crippen molar-refractivity contribution >= 4 is 21.9 Å². The molecule has 1 atom stereocenters. The highest BCUT2D eigenvalue weighted by Gasteiger charge is 2.18. The number of ether oxygens (including phenoxy) is 1. The molecule has 2 rings (SSSR count). The fraction of sp³-hybridized carbons (Fsp3) is 0.188. The van der Waals surface area contributed by atoms with Gasteiger partial charge < -0.3 is 4.74 Å². The lowest BCUT2D eigenvalue weighted by Crippen LogP contribution is -2.10. The van der Waals surface area contributed by atoms with E-state index < -0.39 is 4.83 Å². The van der Waals surface area contributed by atoms with Crippen molar-refractivity contribution in [1.82, 2.24) is 0 Å². The molecule has 0 bridgehead atoms. The van der Waals surface area contributed by atoms with Crippen molar-refractivity contribution in [1.29, 1.82) is 0 Å². The molecule has 2 aromatic rings. The van der Waals surface area contributed by atoms with Crippen LogP contribution in [0.4, 0.5) is 0 Å². The maximum absolute atomic E-state index is 11.9. The Bertz CT molecular complexity index is 534. The van der Waals surface area contributed by atoms with E-state index in [0.29, 0.717) is 6.61 Å². The molecule has 0 fully saturated rings. The maximum atomic E-state index is 11.9. The second-order valence-electron chi connectivity index (χ2n) is 4.37. The van der Waals surface area contributed by atoms with Crippen LogP contribution in [0.5, 0.6) is 0 Å². The van der Waals surface area contributed by atoms with Gasteiger partial charge in [0.15, 0.2) is 0 Å². The molecule has 0 heterocycles. The van der Waals surface area contributed by atoms with Gasteiger partial charge in [-0.05, 0) is 18.1 Å². The zero-order valence-corrected chi connectivity index (χ0v) is 12.3. The molecule has 0 saturated carbocycles. The minimum absolute atomic E-state index is 0.271. The SMILES string of the molecule is Cc1ccc([C@@H](Br)C(=O)OCc2ccccc2)cc1. The highest BCUT2D eigenvalue weighted by molar-refractivity contribution is 9.09. The standard InChI is InChI=1S/C16H15BrO2/c1-12-7-9-14(10-8-12)15(17)16(18)19-11-13-5-3-2-4-6-13/h2-10,15H,11H2,1H3/t15-/m1/s1. The number of carbonyl (C=O) groups is 1. The van der Waals surface area contributed by atoms with Crippen molar-refractivity contribution in [3.63, 3.8) is 0 Å². The summed E-state index contributed by atoms with van der Waals surface area (Å²) in [6.07, 6.45) is 0.